The van der Waals surface area contributed by atoms with Crippen molar-refractivity contribution in [2.45, 2.75) is 10.8 Å². The van der Waals surface area contributed by atoms with Gasteiger partial charge in [0.2, 0.25) is 5.91 Å². The maximum atomic E-state index is 13.1. The van der Waals surface area contributed by atoms with E-state index >= 15 is 0 Å². The molecule has 1 N–H and O–H groups in total. The molecule has 0 saturated carbocycles. The first kappa shape index (κ1) is 22.0. The van der Waals surface area contributed by atoms with E-state index in [1.54, 1.807) is 42.5 Å². The summed E-state index contributed by atoms with van der Waals surface area (Å²) >= 11 is 6.46. The van der Waals surface area contributed by atoms with E-state index in [0.29, 0.717) is 27.3 Å². The zero-order chi connectivity index (χ0) is 23.9. The van der Waals surface area contributed by atoms with Crippen LogP contribution < -0.4 is 9.62 Å². The summed E-state index contributed by atoms with van der Waals surface area (Å²) in [6, 6.07) is 26.9. The fourth-order valence-corrected chi connectivity index (χ4v) is 6.22. The highest BCUT2D eigenvalue weighted by molar-refractivity contribution is 7.93. The first-order valence-electron chi connectivity index (χ1n) is 10.5. The van der Waals surface area contributed by atoms with E-state index in [1.807, 2.05) is 42.5 Å². The molecule has 0 fully saturated rings. The van der Waals surface area contributed by atoms with Crippen molar-refractivity contribution in [1.29, 1.82) is 5.26 Å². The lowest BCUT2D eigenvalue weighted by Crippen LogP contribution is -2.35. The number of nitrogens with one attached hydrogen (secondary N) is 1. The van der Waals surface area contributed by atoms with Gasteiger partial charge in [-0.25, -0.2) is 8.42 Å². The zero-order valence-electron chi connectivity index (χ0n) is 17.8. The quantitative estimate of drug-likeness (QED) is 0.413. The molecule has 0 spiro atoms. The van der Waals surface area contributed by atoms with Crippen molar-refractivity contribution in [3.63, 3.8) is 0 Å². The molecule has 1 aliphatic heterocycles. The molecule has 1 atom stereocenters. The van der Waals surface area contributed by atoms with Crippen LogP contribution >= 0.6 is 11.6 Å². The number of halogens is 1. The van der Waals surface area contributed by atoms with E-state index < -0.39 is 21.8 Å². The molecule has 5 rings (SSSR count). The third kappa shape index (κ3) is 3.67. The Kier molecular flexibility index (Phi) is 5.48. The van der Waals surface area contributed by atoms with Crippen LogP contribution in [0.15, 0.2) is 89.8 Å². The lowest BCUT2D eigenvalue weighted by Gasteiger charge is -2.19. The predicted molar refractivity (Wildman–Crippen MR) is 132 cm³/mol. The fourth-order valence-electron chi connectivity index (χ4n) is 4.27. The number of sulfonamides is 1. The Morgan fingerprint density at radius 3 is 2.44 bits per heavy atom. The normalized spacial score (nSPS) is 14.5. The minimum Gasteiger partial charge on any atom is -0.324 e. The van der Waals surface area contributed by atoms with Gasteiger partial charge in [0.25, 0.3) is 10.0 Å². The highest BCUT2D eigenvalue weighted by Gasteiger charge is 2.36. The molecule has 4 aromatic rings. The van der Waals surface area contributed by atoms with Gasteiger partial charge in [0, 0.05) is 16.1 Å². The number of benzene rings is 4. The van der Waals surface area contributed by atoms with Crippen molar-refractivity contribution in [1.82, 2.24) is 0 Å². The van der Waals surface area contributed by atoms with Crippen molar-refractivity contribution >= 4 is 49.7 Å². The van der Waals surface area contributed by atoms with Gasteiger partial charge in [-0.05, 0) is 40.8 Å². The van der Waals surface area contributed by atoms with E-state index in [9.17, 15) is 18.5 Å². The molecule has 34 heavy (non-hydrogen) atoms. The maximum Gasteiger partial charge on any atom is 0.265 e. The number of nitrogens with zero attached hydrogens (tertiary/aromatic N) is 2. The summed E-state index contributed by atoms with van der Waals surface area (Å²) in [6.07, 6.45) is 0. The minimum absolute atomic E-state index is 0.198. The van der Waals surface area contributed by atoms with Crippen molar-refractivity contribution in [2.75, 3.05) is 16.2 Å². The average Bonchev–Trinajstić information content (AvgIpc) is 3.05. The lowest BCUT2D eigenvalue weighted by molar-refractivity contribution is -0.114. The van der Waals surface area contributed by atoms with Gasteiger partial charge in [-0.1, -0.05) is 72.3 Å². The second-order valence-corrected chi connectivity index (χ2v) is 10.1. The molecule has 1 aliphatic rings. The van der Waals surface area contributed by atoms with Gasteiger partial charge in [0.1, 0.15) is 6.54 Å². The van der Waals surface area contributed by atoms with Crippen LogP contribution in [-0.2, 0) is 14.8 Å². The second-order valence-electron chi connectivity index (χ2n) is 7.90. The van der Waals surface area contributed by atoms with Crippen molar-refractivity contribution < 1.29 is 13.2 Å². The average molecular weight is 488 g/mol. The van der Waals surface area contributed by atoms with Crippen molar-refractivity contribution in [3.8, 4) is 6.07 Å². The van der Waals surface area contributed by atoms with Crippen LogP contribution in [-0.4, -0.2) is 20.9 Å². The Morgan fingerprint density at radius 2 is 1.74 bits per heavy atom. The number of amides is 1. The molecule has 0 saturated heterocycles. The number of rotatable bonds is 5. The molecule has 0 aromatic heterocycles. The summed E-state index contributed by atoms with van der Waals surface area (Å²) in [4.78, 5) is 13.0. The Labute approximate surface area is 202 Å². The van der Waals surface area contributed by atoms with Gasteiger partial charge in [-0.3, -0.25) is 9.10 Å². The molecular weight excluding hydrogens is 470 g/mol. The van der Waals surface area contributed by atoms with E-state index in [-0.39, 0.29) is 11.4 Å². The number of hydrogen-bond acceptors (Lipinski definition) is 4. The van der Waals surface area contributed by atoms with Crippen molar-refractivity contribution in [2.24, 2.45) is 0 Å². The standard InChI is InChI=1S/C26H18ClN3O3S/c27-22-14-19(12-13-20(22)21(15-28)17-6-2-1-3-7-17)29-25(31)16-30-23-10-4-8-18-9-5-11-24(26(18)23)34(30,32)33/h1-14,21H,16H2,(H,29,31). The predicted octanol–water partition coefficient (Wildman–Crippen LogP) is 5.30. The molecule has 1 heterocycles. The van der Waals surface area contributed by atoms with Crippen LogP contribution in [0.3, 0.4) is 0 Å². The minimum atomic E-state index is -3.84. The summed E-state index contributed by atoms with van der Waals surface area (Å²) in [5.74, 6) is -1.05. The molecule has 0 bridgehead atoms. The Bertz CT molecular complexity index is 1580. The Morgan fingerprint density at radius 1 is 1.00 bits per heavy atom. The van der Waals surface area contributed by atoms with E-state index in [0.717, 1.165) is 15.3 Å². The summed E-state index contributed by atoms with van der Waals surface area (Å²) in [5, 5.41) is 14.1. The molecule has 168 valence electrons. The number of carbonyl (C=O) groups is 1. The first-order valence-corrected chi connectivity index (χ1v) is 12.3. The lowest BCUT2D eigenvalue weighted by atomic mass is 9.92. The smallest absolute Gasteiger partial charge is 0.265 e. The third-order valence-electron chi connectivity index (χ3n) is 5.83. The number of anilines is 2. The van der Waals surface area contributed by atoms with E-state index in [4.69, 9.17) is 11.6 Å². The fraction of sp³-hybridized carbons (Fsp3) is 0.0769. The molecule has 8 heteroatoms. The van der Waals surface area contributed by atoms with Crippen LogP contribution in [0.25, 0.3) is 10.8 Å². The van der Waals surface area contributed by atoms with Crippen LogP contribution in [0, 0.1) is 11.3 Å². The van der Waals surface area contributed by atoms with E-state index in [2.05, 4.69) is 11.4 Å². The van der Waals surface area contributed by atoms with Gasteiger partial charge in [0.05, 0.1) is 22.6 Å². The maximum absolute atomic E-state index is 13.1. The first-order chi connectivity index (χ1) is 16.4. The number of nitriles is 1. The molecule has 4 aromatic carbocycles. The van der Waals surface area contributed by atoms with Gasteiger partial charge < -0.3 is 5.32 Å². The van der Waals surface area contributed by atoms with Crippen LogP contribution in [0.1, 0.15) is 17.0 Å². The molecule has 6 nitrogen and oxygen atoms in total. The van der Waals surface area contributed by atoms with Crippen molar-refractivity contribution in [3.05, 3.63) is 101 Å². The van der Waals surface area contributed by atoms with Crippen LogP contribution in [0.2, 0.25) is 5.02 Å². The highest BCUT2D eigenvalue weighted by Crippen LogP contribution is 2.41. The summed E-state index contributed by atoms with van der Waals surface area (Å²) in [5.41, 5.74) is 2.33. The molecule has 1 unspecified atom stereocenters. The largest absolute Gasteiger partial charge is 0.324 e. The molecule has 1 amide bonds. The van der Waals surface area contributed by atoms with Gasteiger partial charge in [-0.2, -0.15) is 5.26 Å². The summed E-state index contributed by atoms with van der Waals surface area (Å²) in [6.45, 7) is -0.375. The highest BCUT2D eigenvalue weighted by atomic mass is 35.5. The zero-order valence-corrected chi connectivity index (χ0v) is 19.3. The molecule has 0 aliphatic carbocycles. The Balaban J connectivity index is 1.37. The molecular formula is C26H18ClN3O3S. The summed E-state index contributed by atoms with van der Waals surface area (Å²) < 4.78 is 27.3. The van der Waals surface area contributed by atoms with Crippen LogP contribution in [0.5, 0.6) is 0 Å². The Hall–Kier alpha value is -3.86. The number of carbonyl (C=O) groups excluding carboxylic acids is 1. The third-order valence-corrected chi connectivity index (χ3v) is 7.96. The SMILES string of the molecule is N#CC(c1ccccc1)c1ccc(NC(=O)CN2c3cccc4cccc(c34)S2(=O)=O)cc1Cl. The van der Waals surface area contributed by atoms with Gasteiger partial charge >= 0.3 is 0 Å². The number of hydrogen-bond donors (Lipinski definition) is 1. The van der Waals surface area contributed by atoms with Crippen LogP contribution in [0.4, 0.5) is 11.4 Å². The topological polar surface area (TPSA) is 90.3 Å². The summed E-state index contributed by atoms with van der Waals surface area (Å²) in [7, 11) is -3.84. The van der Waals surface area contributed by atoms with Gasteiger partial charge in [-0.15, -0.1) is 0 Å². The second kappa shape index (κ2) is 8.49. The van der Waals surface area contributed by atoms with E-state index in [1.165, 1.54) is 0 Å². The molecule has 0 radical (unpaired) electrons. The monoisotopic (exact) mass is 487 g/mol. The van der Waals surface area contributed by atoms with Gasteiger partial charge in [0.15, 0.2) is 0 Å².